The molecule has 0 spiro atoms. The minimum atomic E-state index is -0.704. The van der Waals surface area contributed by atoms with Gasteiger partial charge in [-0.05, 0) is 24.9 Å². The highest BCUT2D eigenvalue weighted by atomic mass is 16.4. The Labute approximate surface area is 122 Å². The molecule has 0 saturated carbocycles. The molecule has 1 unspecified atom stereocenters. The molecule has 0 aromatic heterocycles. The van der Waals surface area contributed by atoms with E-state index in [1.165, 1.54) is 18.4 Å². The van der Waals surface area contributed by atoms with E-state index in [4.69, 9.17) is 5.11 Å². The number of unbranched alkanes of at least 4 members (excludes halogenated alkanes) is 2. The zero-order chi connectivity index (χ0) is 14.8. The van der Waals surface area contributed by atoms with Crippen LogP contribution in [-0.4, -0.2) is 35.6 Å². The highest BCUT2D eigenvalue weighted by Crippen LogP contribution is 2.07. The molecule has 20 heavy (non-hydrogen) atoms. The lowest BCUT2D eigenvalue weighted by Gasteiger charge is -2.24. The molecule has 0 saturated heterocycles. The number of hydrogen-bond acceptors (Lipinski definition) is 2. The summed E-state index contributed by atoms with van der Waals surface area (Å²) < 4.78 is 0. The maximum Gasteiger partial charge on any atom is 0.307 e. The van der Waals surface area contributed by atoms with Gasteiger partial charge in [-0.2, -0.15) is 0 Å². The zero-order valence-electron chi connectivity index (χ0n) is 12.7. The first-order valence-electron chi connectivity index (χ1n) is 7.62. The van der Waals surface area contributed by atoms with Gasteiger partial charge in [-0.3, -0.25) is 4.79 Å². The fourth-order valence-corrected chi connectivity index (χ4v) is 2.28. The van der Waals surface area contributed by atoms with Gasteiger partial charge in [-0.1, -0.05) is 57.0 Å². The van der Waals surface area contributed by atoms with Gasteiger partial charge in [0.05, 0.1) is 5.92 Å². The normalized spacial score (nSPS) is 12.6. The lowest BCUT2D eigenvalue weighted by molar-refractivity contribution is -0.141. The molecule has 3 heteroatoms. The number of aliphatic carboxylic acids is 1. The Kier molecular flexibility index (Phi) is 7.97. The molecule has 0 amide bonds. The quantitative estimate of drug-likeness (QED) is 0.666. The molecule has 1 aromatic rings. The van der Waals surface area contributed by atoms with Crippen LogP contribution >= 0.6 is 0 Å². The number of nitrogens with zero attached hydrogens (tertiary/aromatic N) is 1. The van der Waals surface area contributed by atoms with E-state index in [9.17, 15) is 4.79 Å². The van der Waals surface area contributed by atoms with Crippen molar-refractivity contribution in [2.45, 2.75) is 39.5 Å². The standard InChI is InChI=1S/C17H27NO2/c1-3-4-8-12-18(14-15(2)17(19)20)13-11-16-9-6-5-7-10-16/h5-7,9-10,15H,3-4,8,11-14H2,1-2H3,(H,19,20). The van der Waals surface area contributed by atoms with Crippen molar-refractivity contribution in [2.75, 3.05) is 19.6 Å². The largest absolute Gasteiger partial charge is 0.481 e. The Hall–Kier alpha value is -1.35. The monoisotopic (exact) mass is 277 g/mol. The van der Waals surface area contributed by atoms with Crippen molar-refractivity contribution in [3.05, 3.63) is 35.9 Å². The average molecular weight is 277 g/mol. The van der Waals surface area contributed by atoms with Crippen LogP contribution in [0.25, 0.3) is 0 Å². The number of carboxylic acid groups (broad SMARTS) is 1. The number of hydrogen-bond donors (Lipinski definition) is 1. The molecular weight excluding hydrogens is 250 g/mol. The van der Waals surface area contributed by atoms with Crippen molar-refractivity contribution in [3.63, 3.8) is 0 Å². The van der Waals surface area contributed by atoms with Crippen molar-refractivity contribution in [1.82, 2.24) is 4.90 Å². The minimum Gasteiger partial charge on any atom is -0.481 e. The van der Waals surface area contributed by atoms with Gasteiger partial charge in [0.25, 0.3) is 0 Å². The van der Waals surface area contributed by atoms with E-state index in [0.717, 1.165) is 25.9 Å². The van der Waals surface area contributed by atoms with Crippen molar-refractivity contribution >= 4 is 5.97 Å². The summed E-state index contributed by atoms with van der Waals surface area (Å²) in [6, 6.07) is 10.4. The van der Waals surface area contributed by atoms with Crippen molar-refractivity contribution in [2.24, 2.45) is 5.92 Å². The van der Waals surface area contributed by atoms with Gasteiger partial charge in [-0.25, -0.2) is 0 Å². The topological polar surface area (TPSA) is 40.5 Å². The second-order valence-corrected chi connectivity index (χ2v) is 5.48. The van der Waals surface area contributed by atoms with Crippen LogP contribution in [0.15, 0.2) is 30.3 Å². The lowest BCUT2D eigenvalue weighted by atomic mass is 10.1. The summed E-state index contributed by atoms with van der Waals surface area (Å²) in [5.41, 5.74) is 1.32. The summed E-state index contributed by atoms with van der Waals surface area (Å²) in [7, 11) is 0. The van der Waals surface area contributed by atoms with E-state index >= 15 is 0 Å². The Bertz CT molecular complexity index is 378. The molecule has 0 aliphatic carbocycles. The predicted molar refractivity (Wildman–Crippen MR) is 82.9 cm³/mol. The Morgan fingerprint density at radius 2 is 1.90 bits per heavy atom. The summed E-state index contributed by atoms with van der Waals surface area (Å²) >= 11 is 0. The first kappa shape index (κ1) is 16.7. The molecule has 0 bridgehead atoms. The van der Waals surface area contributed by atoms with Gasteiger partial charge in [-0.15, -0.1) is 0 Å². The van der Waals surface area contributed by atoms with Crippen LogP contribution in [0, 0.1) is 5.92 Å². The van der Waals surface area contributed by atoms with Crippen molar-refractivity contribution in [3.8, 4) is 0 Å². The molecule has 0 aliphatic rings. The summed E-state index contributed by atoms with van der Waals surface area (Å²) in [6.45, 7) is 6.56. The van der Waals surface area contributed by atoms with E-state index in [2.05, 4.69) is 36.1 Å². The molecule has 1 atom stereocenters. The van der Waals surface area contributed by atoms with Crippen molar-refractivity contribution < 1.29 is 9.90 Å². The van der Waals surface area contributed by atoms with Gasteiger partial charge >= 0.3 is 5.97 Å². The van der Waals surface area contributed by atoms with Crippen LogP contribution < -0.4 is 0 Å². The zero-order valence-corrected chi connectivity index (χ0v) is 12.7. The molecule has 0 aliphatic heterocycles. The van der Waals surface area contributed by atoms with Gasteiger partial charge in [0.1, 0.15) is 0 Å². The van der Waals surface area contributed by atoms with E-state index in [1.807, 2.05) is 6.07 Å². The molecule has 0 heterocycles. The molecule has 1 rings (SSSR count). The van der Waals surface area contributed by atoms with Crippen LogP contribution in [0.2, 0.25) is 0 Å². The van der Waals surface area contributed by atoms with E-state index in [1.54, 1.807) is 6.92 Å². The smallest absolute Gasteiger partial charge is 0.307 e. The van der Waals surface area contributed by atoms with E-state index < -0.39 is 5.97 Å². The SMILES string of the molecule is CCCCCN(CCc1ccccc1)CC(C)C(=O)O. The number of carboxylic acids is 1. The van der Waals surface area contributed by atoms with Crippen LogP contribution in [0.1, 0.15) is 38.7 Å². The average Bonchev–Trinajstić information content (AvgIpc) is 2.45. The van der Waals surface area contributed by atoms with Crippen LogP contribution in [0.4, 0.5) is 0 Å². The third kappa shape index (κ3) is 6.71. The van der Waals surface area contributed by atoms with Gasteiger partial charge in [0.2, 0.25) is 0 Å². The van der Waals surface area contributed by atoms with Crippen molar-refractivity contribution in [1.29, 1.82) is 0 Å². The Balaban J connectivity index is 2.46. The molecule has 1 aromatic carbocycles. The fraction of sp³-hybridized carbons (Fsp3) is 0.588. The van der Waals surface area contributed by atoms with Crippen LogP contribution in [0.5, 0.6) is 0 Å². The predicted octanol–water partition coefficient (Wildman–Crippen LogP) is 3.44. The second kappa shape index (κ2) is 9.54. The lowest BCUT2D eigenvalue weighted by Crippen LogP contribution is -2.34. The number of rotatable bonds is 10. The second-order valence-electron chi connectivity index (χ2n) is 5.48. The molecule has 0 radical (unpaired) electrons. The fourth-order valence-electron chi connectivity index (χ4n) is 2.28. The molecule has 0 fully saturated rings. The first-order chi connectivity index (χ1) is 9.63. The highest BCUT2D eigenvalue weighted by molar-refractivity contribution is 5.69. The Morgan fingerprint density at radius 3 is 2.50 bits per heavy atom. The third-order valence-electron chi connectivity index (χ3n) is 3.59. The summed E-state index contributed by atoms with van der Waals surface area (Å²) in [5, 5.41) is 9.06. The molecule has 3 nitrogen and oxygen atoms in total. The number of benzene rings is 1. The van der Waals surface area contributed by atoms with Gasteiger partial charge in [0, 0.05) is 13.1 Å². The first-order valence-corrected chi connectivity index (χ1v) is 7.62. The van der Waals surface area contributed by atoms with E-state index in [0.29, 0.717) is 6.54 Å². The van der Waals surface area contributed by atoms with Crippen LogP contribution in [0.3, 0.4) is 0 Å². The Morgan fingerprint density at radius 1 is 1.20 bits per heavy atom. The highest BCUT2D eigenvalue weighted by Gasteiger charge is 2.15. The minimum absolute atomic E-state index is 0.299. The summed E-state index contributed by atoms with van der Waals surface area (Å²) in [5.74, 6) is -1.00. The van der Waals surface area contributed by atoms with E-state index in [-0.39, 0.29) is 5.92 Å². The molecular formula is C17H27NO2. The summed E-state index contributed by atoms with van der Waals surface area (Å²) in [6.07, 6.45) is 4.54. The molecule has 112 valence electrons. The maximum absolute atomic E-state index is 11.0. The third-order valence-corrected chi connectivity index (χ3v) is 3.59. The summed E-state index contributed by atoms with van der Waals surface area (Å²) in [4.78, 5) is 13.3. The maximum atomic E-state index is 11.0. The number of carbonyl (C=O) groups is 1. The molecule has 1 N–H and O–H groups in total. The van der Waals surface area contributed by atoms with Crippen LogP contribution in [-0.2, 0) is 11.2 Å². The van der Waals surface area contributed by atoms with Gasteiger partial charge < -0.3 is 10.0 Å². The van der Waals surface area contributed by atoms with Gasteiger partial charge in [0.15, 0.2) is 0 Å².